The highest BCUT2D eigenvalue weighted by Crippen LogP contribution is 1.77. The van der Waals surface area contributed by atoms with Gasteiger partial charge in [-0.1, -0.05) is 0 Å². The lowest BCUT2D eigenvalue weighted by atomic mass is 10.3. The topological polar surface area (TPSA) is 63.3 Å². The molecule has 0 bridgehead atoms. The lowest BCUT2D eigenvalue weighted by Gasteiger charge is -1.91. The van der Waals surface area contributed by atoms with Crippen LogP contribution in [0.25, 0.3) is 0 Å². The van der Waals surface area contributed by atoms with Crippen LogP contribution in [0.4, 0.5) is 0 Å². The van der Waals surface area contributed by atoms with E-state index in [0.29, 0.717) is 6.42 Å². The van der Waals surface area contributed by atoms with Gasteiger partial charge in [0.25, 0.3) is 28.5 Å². The van der Waals surface area contributed by atoms with Crippen molar-refractivity contribution in [2.24, 2.45) is 5.73 Å². The number of nitrogens with two attached hydrogens (primary N) is 1. The summed E-state index contributed by atoms with van der Waals surface area (Å²) < 4.78 is -0.184. The van der Waals surface area contributed by atoms with Gasteiger partial charge in [0.05, 0.1) is 0 Å². The lowest BCUT2D eigenvalue weighted by molar-refractivity contribution is -0.405. The molecule has 4 heteroatoms. The number of rotatable bonds is 3. The summed E-state index contributed by atoms with van der Waals surface area (Å²) in [5, 5.41) is 8.28. The molecular formula is C4H9INO2+. The van der Waals surface area contributed by atoms with Gasteiger partial charge < -0.3 is 10.8 Å². The Kier molecular flexibility index (Phi) is 4.16. The number of carbonyl (C=O) groups is 1. The van der Waals surface area contributed by atoms with E-state index >= 15 is 0 Å². The van der Waals surface area contributed by atoms with Gasteiger partial charge in [0, 0.05) is 13.0 Å². The van der Waals surface area contributed by atoms with Crippen molar-refractivity contribution in [1.82, 2.24) is 0 Å². The van der Waals surface area contributed by atoms with E-state index in [9.17, 15) is 4.79 Å². The Morgan fingerprint density at radius 2 is 2.38 bits per heavy atom. The van der Waals surface area contributed by atoms with Crippen molar-refractivity contribution in [3.8, 4) is 0 Å². The van der Waals surface area contributed by atoms with Crippen molar-refractivity contribution in [3.63, 3.8) is 0 Å². The summed E-state index contributed by atoms with van der Waals surface area (Å²) in [4.78, 5) is 10.2. The Balaban J connectivity index is 3.32. The summed E-state index contributed by atoms with van der Waals surface area (Å²) in [5.41, 5.74) is 4.87. The number of halogens is 1. The van der Waals surface area contributed by atoms with Crippen molar-refractivity contribution in [1.29, 1.82) is 0 Å². The maximum Gasteiger partial charge on any atom is 0.269 e. The van der Waals surface area contributed by atoms with Gasteiger partial charge in [-0.05, 0) is 0 Å². The number of amides is 1. The first-order valence-electron chi connectivity index (χ1n) is 2.24. The summed E-state index contributed by atoms with van der Waals surface area (Å²) in [7, 11) is 0. The molecule has 8 heavy (non-hydrogen) atoms. The molecule has 1 atom stereocenters. The fourth-order valence-corrected chi connectivity index (χ4v) is 0.560. The number of hydrogen-bond donors (Lipinski definition) is 2. The van der Waals surface area contributed by atoms with Crippen LogP contribution in [0.3, 0.4) is 0 Å². The molecule has 0 heterocycles. The Bertz CT molecular complexity index is 86.1. The first-order valence-corrected chi connectivity index (χ1v) is 3.59. The summed E-state index contributed by atoms with van der Waals surface area (Å²) in [6, 6.07) is 0. The molecular weight excluding hydrogens is 221 g/mol. The Morgan fingerprint density at radius 3 is 2.50 bits per heavy atom. The number of carbonyl (C=O) groups excluding carboxylic acids is 1. The molecule has 0 rings (SSSR count). The van der Waals surface area contributed by atoms with E-state index in [-0.39, 0.29) is 16.4 Å². The first-order chi connectivity index (χ1) is 3.68. The van der Waals surface area contributed by atoms with Gasteiger partial charge in [0.15, 0.2) is 0 Å². The van der Waals surface area contributed by atoms with E-state index in [2.05, 4.69) is 0 Å². The monoisotopic (exact) mass is 230 g/mol. The van der Waals surface area contributed by atoms with E-state index in [1.54, 1.807) is 22.6 Å². The minimum absolute atomic E-state index is 0.0344. The Hall–Kier alpha value is 0.160. The molecule has 0 aromatic carbocycles. The SMILES string of the molecule is NC(=O)C([IH+])CCO. The number of aliphatic hydroxyl groups excluding tert-OH is 1. The second kappa shape index (κ2) is 4.08. The van der Waals surface area contributed by atoms with Crippen LogP contribution in [0.2, 0.25) is 0 Å². The molecule has 0 aliphatic carbocycles. The normalized spacial score (nSPS) is 13.2. The van der Waals surface area contributed by atoms with Gasteiger partial charge >= 0.3 is 0 Å². The molecule has 3 nitrogen and oxygen atoms in total. The highest BCUT2D eigenvalue weighted by molar-refractivity contribution is 5.78. The fourth-order valence-electron chi connectivity index (χ4n) is 0.260. The Labute approximate surface area is 61.4 Å². The summed E-state index contributed by atoms with van der Waals surface area (Å²) in [5.74, 6) is -0.344. The van der Waals surface area contributed by atoms with E-state index in [1.807, 2.05) is 0 Å². The molecule has 1 amide bonds. The first kappa shape index (κ1) is 8.16. The van der Waals surface area contributed by atoms with Gasteiger partial charge in [-0.25, -0.2) is 0 Å². The predicted octanol–water partition coefficient (Wildman–Crippen LogP) is -4.49. The predicted molar refractivity (Wildman–Crippen MR) is 26.1 cm³/mol. The van der Waals surface area contributed by atoms with Crippen molar-refractivity contribution < 1.29 is 32.5 Å². The molecule has 0 saturated carbocycles. The van der Waals surface area contributed by atoms with Gasteiger partial charge in [-0.15, -0.1) is 0 Å². The minimum Gasteiger partial charge on any atom is -0.396 e. The molecule has 0 spiro atoms. The van der Waals surface area contributed by atoms with Crippen molar-refractivity contribution >= 4 is 5.91 Å². The van der Waals surface area contributed by atoms with Crippen molar-refractivity contribution in [2.75, 3.05) is 6.61 Å². The van der Waals surface area contributed by atoms with E-state index in [1.165, 1.54) is 0 Å². The molecule has 0 aromatic heterocycles. The van der Waals surface area contributed by atoms with Gasteiger partial charge in [0.1, 0.15) is 0 Å². The van der Waals surface area contributed by atoms with Gasteiger partial charge in [-0.3, -0.25) is 4.79 Å². The molecule has 3 N–H and O–H groups in total. The Morgan fingerprint density at radius 1 is 1.88 bits per heavy atom. The molecule has 1 unspecified atom stereocenters. The second-order valence-electron chi connectivity index (χ2n) is 1.40. The average Bonchev–Trinajstić information content (AvgIpc) is 1.67. The van der Waals surface area contributed by atoms with Crippen LogP contribution >= 0.6 is 0 Å². The highest BCUT2D eigenvalue weighted by atomic mass is 127. The second-order valence-corrected chi connectivity index (χ2v) is 3.03. The molecule has 0 radical (unpaired) electrons. The molecule has 0 saturated heterocycles. The number of hydrogen-bond acceptors (Lipinski definition) is 2. The zero-order valence-electron chi connectivity index (χ0n) is 4.33. The van der Waals surface area contributed by atoms with Crippen molar-refractivity contribution in [3.05, 3.63) is 0 Å². The minimum atomic E-state index is -0.344. The third kappa shape index (κ3) is 3.20. The van der Waals surface area contributed by atoms with E-state index in [0.717, 1.165) is 0 Å². The van der Waals surface area contributed by atoms with Crippen LogP contribution in [-0.2, 0) is 4.79 Å². The molecule has 0 aliphatic heterocycles. The largest absolute Gasteiger partial charge is 0.396 e. The summed E-state index contributed by atoms with van der Waals surface area (Å²) >= 11 is 1.63. The fraction of sp³-hybridized carbons (Fsp3) is 0.750. The van der Waals surface area contributed by atoms with Crippen LogP contribution < -0.4 is 28.3 Å². The smallest absolute Gasteiger partial charge is 0.269 e. The van der Waals surface area contributed by atoms with Crippen LogP contribution in [-0.4, -0.2) is 21.5 Å². The van der Waals surface area contributed by atoms with Crippen molar-refractivity contribution in [2.45, 2.75) is 10.3 Å². The summed E-state index contributed by atoms with van der Waals surface area (Å²) in [6.45, 7) is 0.0344. The maximum absolute atomic E-state index is 10.2. The van der Waals surface area contributed by atoms with E-state index in [4.69, 9.17) is 10.8 Å². The van der Waals surface area contributed by atoms with E-state index < -0.39 is 0 Å². The third-order valence-electron chi connectivity index (χ3n) is 0.709. The van der Waals surface area contributed by atoms with Crippen LogP contribution in [0.1, 0.15) is 6.42 Å². The zero-order valence-corrected chi connectivity index (χ0v) is 6.66. The maximum atomic E-state index is 10.2. The summed E-state index contributed by atoms with van der Waals surface area (Å²) in [6.07, 6.45) is 0.472. The lowest BCUT2D eigenvalue weighted by Crippen LogP contribution is -3.40. The number of alkyl halides is 1. The quantitative estimate of drug-likeness (QED) is 0.379. The van der Waals surface area contributed by atoms with Gasteiger partial charge in [-0.2, -0.15) is 0 Å². The number of primary amides is 1. The molecule has 48 valence electrons. The molecule has 0 fully saturated rings. The zero-order chi connectivity index (χ0) is 6.57. The highest BCUT2D eigenvalue weighted by Gasteiger charge is 2.17. The average molecular weight is 230 g/mol. The van der Waals surface area contributed by atoms with Crippen LogP contribution in [0.5, 0.6) is 0 Å². The van der Waals surface area contributed by atoms with Crippen LogP contribution in [0, 0.1) is 0 Å². The van der Waals surface area contributed by atoms with Crippen LogP contribution in [0.15, 0.2) is 0 Å². The molecule has 0 aliphatic rings. The standard InChI is InChI=1S/C4H8INO2/c5-3(1-2-7)4(6)8/h3,5,7H,1-2H2,(H-,6,8)/p+1. The number of aliphatic hydroxyl groups is 1. The molecule has 0 aromatic rings. The van der Waals surface area contributed by atoms with Gasteiger partial charge in [0.2, 0.25) is 3.92 Å². The third-order valence-corrected chi connectivity index (χ3v) is 2.04.